The minimum atomic E-state index is -3.37. The van der Waals surface area contributed by atoms with E-state index in [0.717, 1.165) is 28.5 Å². The number of aryl methyl sites for hydroxylation is 1. The fourth-order valence-electron chi connectivity index (χ4n) is 2.67. The van der Waals surface area contributed by atoms with Gasteiger partial charge in [0.1, 0.15) is 4.21 Å². The van der Waals surface area contributed by atoms with Gasteiger partial charge in [0.15, 0.2) is 0 Å². The zero-order valence-corrected chi connectivity index (χ0v) is 16.2. The van der Waals surface area contributed by atoms with E-state index in [1.54, 1.807) is 21.7 Å². The highest BCUT2D eigenvalue weighted by molar-refractivity contribution is 7.91. The minimum Gasteiger partial charge on any atom is -0.319 e. The van der Waals surface area contributed by atoms with Crippen LogP contribution in [-0.4, -0.2) is 44.4 Å². The van der Waals surface area contributed by atoms with E-state index in [4.69, 9.17) is 0 Å². The molecule has 1 N–H and O–H groups in total. The van der Waals surface area contributed by atoms with Crippen molar-refractivity contribution < 1.29 is 8.42 Å². The van der Waals surface area contributed by atoms with Crippen LogP contribution in [0.15, 0.2) is 21.7 Å². The Bertz CT molecular complexity index is 757. The quantitative estimate of drug-likeness (QED) is 0.848. The summed E-state index contributed by atoms with van der Waals surface area (Å²) in [7, 11) is -1.47. The molecule has 0 amide bonds. The monoisotopic (exact) mass is 393 g/mol. The molecule has 0 aromatic carbocycles. The Morgan fingerprint density at radius 1 is 1.43 bits per heavy atom. The number of thiophene rings is 1. The minimum absolute atomic E-state index is 0. The number of rotatable bonds is 5. The van der Waals surface area contributed by atoms with Crippen LogP contribution in [0.25, 0.3) is 10.6 Å². The number of sulfonamides is 1. The van der Waals surface area contributed by atoms with Gasteiger partial charge >= 0.3 is 0 Å². The second kappa shape index (κ2) is 7.58. The first-order valence-electron chi connectivity index (χ1n) is 7.18. The largest absolute Gasteiger partial charge is 0.319 e. The molecular weight excluding hydrogens is 374 g/mol. The molecule has 1 atom stereocenters. The van der Waals surface area contributed by atoms with Crippen molar-refractivity contribution in [3.63, 3.8) is 0 Å². The Kier molecular flexibility index (Phi) is 6.21. The van der Waals surface area contributed by atoms with Gasteiger partial charge in [-0.2, -0.15) is 4.31 Å². The Morgan fingerprint density at radius 3 is 2.87 bits per heavy atom. The third kappa shape index (κ3) is 3.94. The molecule has 1 saturated heterocycles. The molecule has 3 rings (SSSR count). The summed E-state index contributed by atoms with van der Waals surface area (Å²) in [5, 5.41) is 6.08. The maximum absolute atomic E-state index is 12.7. The molecule has 0 aliphatic carbocycles. The third-order valence-corrected chi connectivity index (χ3v) is 8.00. The summed E-state index contributed by atoms with van der Waals surface area (Å²) in [6, 6.07) is 3.56. The lowest BCUT2D eigenvalue weighted by atomic mass is 10.1. The van der Waals surface area contributed by atoms with E-state index in [1.165, 1.54) is 11.3 Å². The molecule has 1 aliphatic rings. The number of thiazole rings is 1. The summed E-state index contributed by atoms with van der Waals surface area (Å²) < 4.78 is 27.5. The zero-order chi connectivity index (χ0) is 15.7. The van der Waals surface area contributed by atoms with Gasteiger partial charge in [0.25, 0.3) is 10.0 Å². The maximum atomic E-state index is 12.7. The fraction of sp³-hybridized carbons (Fsp3) is 0.500. The molecule has 0 radical (unpaired) electrons. The lowest BCUT2D eigenvalue weighted by Crippen LogP contribution is -2.29. The summed E-state index contributed by atoms with van der Waals surface area (Å²) in [5.41, 5.74) is 0.864. The van der Waals surface area contributed by atoms with Gasteiger partial charge in [-0.1, -0.05) is 0 Å². The van der Waals surface area contributed by atoms with E-state index in [1.807, 2.05) is 25.4 Å². The second-order valence-electron chi connectivity index (χ2n) is 5.45. The van der Waals surface area contributed by atoms with Crippen molar-refractivity contribution in [1.29, 1.82) is 0 Å². The molecule has 2 aromatic rings. The lowest BCUT2D eigenvalue weighted by Gasteiger charge is -2.15. The van der Waals surface area contributed by atoms with Gasteiger partial charge < -0.3 is 5.32 Å². The molecular formula is C14H20ClN3O2S3. The van der Waals surface area contributed by atoms with Crippen molar-refractivity contribution in [2.45, 2.75) is 17.6 Å². The van der Waals surface area contributed by atoms with Gasteiger partial charge in [0, 0.05) is 18.5 Å². The van der Waals surface area contributed by atoms with Crippen LogP contribution < -0.4 is 5.32 Å². The van der Waals surface area contributed by atoms with Crippen LogP contribution >= 0.6 is 35.1 Å². The predicted octanol–water partition coefficient (Wildman–Crippen LogP) is 2.83. The van der Waals surface area contributed by atoms with E-state index >= 15 is 0 Å². The van der Waals surface area contributed by atoms with Gasteiger partial charge in [-0.3, -0.25) is 0 Å². The van der Waals surface area contributed by atoms with E-state index in [-0.39, 0.29) is 12.4 Å². The van der Waals surface area contributed by atoms with Crippen LogP contribution in [0.4, 0.5) is 0 Å². The lowest BCUT2D eigenvalue weighted by molar-refractivity contribution is 0.452. The number of nitrogens with one attached hydrogen (secondary N) is 1. The van der Waals surface area contributed by atoms with Crippen LogP contribution in [0, 0.1) is 12.8 Å². The van der Waals surface area contributed by atoms with Crippen LogP contribution in [0.2, 0.25) is 0 Å². The standard InChI is InChI=1S/C14H19N3O2S3.ClH/c1-10-16-12(9-20-10)13-3-4-14(21-13)22(18,19)17-6-5-11(8-17)7-15-2;/h3-4,9,11,15H,5-8H2,1-2H3;1H. The Morgan fingerprint density at radius 2 is 2.22 bits per heavy atom. The smallest absolute Gasteiger partial charge is 0.252 e. The summed E-state index contributed by atoms with van der Waals surface area (Å²) in [6.45, 7) is 4.02. The zero-order valence-electron chi connectivity index (χ0n) is 13.0. The molecule has 0 saturated carbocycles. The molecule has 0 bridgehead atoms. The van der Waals surface area contributed by atoms with Crippen LogP contribution in [0.3, 0.4) is 0 Å². The summed E-state index contributed by atoms with van der Waals surface area (Å²) in [4.78, 5) is 5.33. The van der Waals surface area contributed by atoms with Crippen molar-refractivity contribution >= 4 is 45.1 Å². The van der Waals surface area contributed by atoms with Crippen molar-refractivity contribution in [3.8, 4) is 10.6 Å². The van der Waals surface area contributed by atoms with Gasteiger partial charge in [-0.25, -0.2) is 13.4 Å². The second-order valence-corrected chi connectivity index (χ2v) is 9.76. The molecule has 2 aromatic heterocycles. The molecule has 5 nitrogen and oxygen atoms in total. The fourth-order valence-corrected chi connectivity index (χ4v) is 6.31. The summed E-state index contributed by atoms with van der Waals surface area (Å²) in [6.07, 6.45) is 0.920. The topological polar surface area (TPSA) is 62.3 Å². The van der Waals surface area contributed by atoms with Crippen LogP contribution in [-0.2, 0) is 10.0 Å². The molecule has 23 heavy (non-hydrogen) atoms. The van der Waals surface area contributed by atoms with Gasteiger partial charge in [-0.05, 0) is 45.0 Å². The normalized spacial score (nSPS) is 19.0. The number of hydrogen-bond acceptors (Lipinski definition) is 6. The van der Waals surface area contributed by atoms with E-state index in [9.17, 15) is 8.42 Å². The van der Waals surface area contributed by atoms with Gasteiger partial charge in [0.2, 0.25) is 0 Å². The van der Waals surface area contributed by atoms with Crippen LogP contribution in [0.5, 0.6) is 0 Å². The number of nitrogens with zero attached hydrogens (tertiary/aromatic N) is 2. The molecule has 1 aliphatic heterocycles. The number of hydrogen-bond donors (Lipinski definition) is 1. The van der Waals surface area contributed by atoms with E-state index in [2.05, 4.69) is 10.3 Å². The first kappa shape index (κ1) is 18.8. The Balaban J connectivity index is 0.00000192. The van der Waals surface area contributed by atoms with Crippen molar-refractivity contribution in [2.24, 2.45) is 5.92 Å². The van der Waals surface area contributed by atoms with Crippen LogP contribution in [0.1, 0.15) is 11.4 Å². The first-order chi connectivity index (χ1) is 10.5. The molecule has 3 heterocycles. The molecule has 1 unspecified atom stereocenters. The highest BCUT2D eigenvalue weighted by Gasteiger charge is 2.33. The van der Waals surface area contributed by atoms with E-state index < -0.39 is 10.0 Å². The highest BCUT2D eigenvalue weighted by atomic mass is 35.5. The molecule has 1 fully saturated rings. The van der Waals surface area contributed by atoms with E-state index in [0.29, 0.717) is 23.2 Å². The third-order valence-electron chi connectivity index (χ3n) is 3.79. The van der Waals surface area contributed by atoms with Crippen molar-refractivity contribution in [1.82, 2.24) is 14.6 Å². The predicted molar refractivity (Wildman–Crippen MR) is 98.2 cm³/mol. The van der Waals surface area contributed by atoms with Gasteiger partial charge in [-0.15, -0.1) is 35.1 Å². The summed E-state index contributed by atoms with van der Waals surface area (Å²) in [5.74, 6) is 0.403. The Hall–Kier alpha value is -0.510. The SMILES string of the molecule is CNCC1CCN(S(=O)(=O)c2ccc(-c3csc(C)n3)s2)C1.Cl. The van der Waals surface area contributed by atoms with Crippen molar-refractivity contribution in [3.05, 3.63) is 22.5 Å². The average molecular weight is 394 g/mol. The molecule has 9 heteroatoms. The first-order valence-corrected chi connectivity index (χ1v) is 10.3. The Labute approximate surface area is 151 Å². The maximum Gasteiger partial charge on any atom is 0.252 e. The number of halogens is 1. The molecule has 128 valence electrons. The average Bonchev–Trinajstić information content (AvgIpc) is 3.17. The van der Waals surface area contributed by atoms with Crippen molar-refractivity contribution in [2.75, 3.05) is 26.7 Å². The number of aromatic nitrogens is 1. The highest BCUT2D eigenvalue weighted by Crippen LogP contribution is 2.34. The molecule has 0 spiro atoms. The summed E-state index contributed by atoms with van der Waals surface area (Å²) >= 11 is 2.88. The van der Waals surface area contributed by atoms with Gasteiger partial charge in [0.05, 0.1) is 15.6 Å².